The van der Waals surface area contributed by atoms with Crippen molar-refractivity contribution in [1.29, 1.82) is 0 Å². The van der Waals surface area contributed by atoms with E-state index in [0.29, 0.717) is 28.6 Å². The van der Waals surface area contributed by atoms with Gasteiger partial charge in [-0.25, -0.2) is 10.4 Å². The lowest BCUT2D eigenvalue weighted by molar-refractivity contribution is -0.118. The van der Waals surface area contributed by atoms with Crippen LogP contribution in [0, 0.1) is 0 Å². The monoisotopic (exact) mass is 520 g/mol. The number of nitrogens with zero attached hydrogens (tertiary/aromatic N) is 3. The Morgan fingerprint density at radius 3 is 2.94 bits per heavy atom. The van der Waals surface area contributed by atoms with Gasteiger partial charge in [-0.2, -0.15) is 5.10 Å². The summed E-state index contributed by atoms with van der Waals surface area (Å²) in [4.78, 5) is 32.9. The first-order valence-electron chi connectivity index (χ1n) is 11.6. The Labute approximate surface area is 215 Å². The number of benzene rings is 1. The molecule has 1 aromatic carbocycles. The van der Waals surface area contributed by atoms with Gasteiger partial charge in [0.25, 0.3) is 11.5 Å². The molecule has 4 aromatic rings. The Balaban J connectivity index is 1.38. The number of fused-ring (bicyclic) bond motifs is 3. The average Bonchev–Trinajstić information content (AvgIpc) is 3.61. The molecular weight excluding hydrogens is 496 g/mol. The van der Waals surface area contributed by atoms with E-state index < -0.39 is 0 Å². The maximum atomic E-state index is 13.7. The van der Waals surface area contributed by atoms with E-state index in [9.17, 15) is 9.59 Å². The van der Waals surface area contributed by atoms with Crippen molar-refractivity contribution in [1.82, 2.24) is 15.0 Å². The number of hydrogen-bond donors (Lipinski definition) is 1. The van der Waals surface area contributed by atoms with Gasteiger partial charge in [0.05, 0.1) is 29.7 Å². The highest BCUT2D eigenvalue weighted by Gasteiger charge is 2.24. The lowest BCUT2D eigenvalue weighted by atomic mass is 10.2. The van der Waals surface area contributed by atoms with Crippen molar-refractivity contribution in [2.24, 2.45) is 5.10 Å². The van der Waals surface area contributed by atoms with Crippen LogP contribution in [-0.2, 0) is 17.6 Å². The minimum Gasteiger partial charge on any atom is -0.494 e. The predicted molar refractivity (Wildman–Crippen MR) is 144 cm³/mol. The van der Waals surface area contributed by atoms with Crippen molar-refractivity contribution in [2.75, 3.05) is 12.4 Å². The van der Waals surface area contributed by atoms with E-state index in [1.807, 2.05) is 37.3 Å². The quantitative estimate of drug-likeness (QED) is 0.147. The molecule has 1 N–H and O–H groups in total. The van der Waals surface area contributed by atoms with Crippen LogP contribution in [0.1, 0.15) is 29.5 Å². The van der Waals surface area contributed by atoms with E-state index in [1.54, 1.807) is 40.4 Å². The molecule has 3 heterocycles. The molecule has 8 nitrogen and oxygen atoms in total. The topological polar surface area (TPSA) is 98.7 Å². The highest BCUT2D eigenvalue weighted by Crippen LogP contribution is 2.36. The smallest absolute Gasteiger partial charge is 0.267 e. The van der Waals surface area contributed by atoms with Crippen molar-refractivity contribution in [2.45, 2.75) is 31.3 Å². The highest BCUT2D eigenvalue weighted by atomic mass is 32.2. The number of hydrazone groups is 1. The second kappa shape index (κ2) is 11.0. The fraction of sp³-hybridized carbons (Fsp3) is 0.231. The summed E-state index contributed by atoms with van der Waals surface area (Å²) in [6, 6.07) is 10.9. The average molecular weight is 521 g/mol. The van der Waals surface area contributed by atoms with E-state index in [1.165, 1.54) is 22.9 Å². The van der Waals surface area contributed by atoms with Crippen LogP contribution in [0.3, 0.4) is 0 Å². The lowest BCUT2D eigenvalue weighted by Crippen LogP contribution is -2.24. The molecule has 0 fully saturated rings. The second-order valence-electron chi connectivity index (χ2n) is 7.98. The molecule has 0 radical (unpaired) electrons. The van der Waals surface area contributed by atoms with Crippen molar-refractivity contribution in [3.63, 3.8) is 0 Å². The number of aromatic nitrogens is 2. The molecule has 0 saturated heterocycles. The minimum atomic E-state index is -0.302. The van der Waals surface area contributed by atoms with Crippen LogP contribution in [0.15, 0.2) is 68.2 Å². The van der Waals surface area contributed by atoms with E-state index in [4.69, 9.17) is 14.1 Å². The number of nitrogens with one attached hydrogen (secondary N) is 1. The predicted octanol–water partition coefficient (Wildman–Crippen LogP) is 4.84. The summed E-state index contributed by atoms with van der Waals surface area (Å²) in [6.07, 6.45) is 9.40. The van der Waals surface area contributed by atoms with Crippen molar-refractivity contribution < 1.29 is 13.9 Å². The zero-order chi connectivity index (χ0) is 24.9. The number of thioether (sulfide) groups is 1. The fourth-order valence-electron chi connectivity index (χ4n) is 4.05. The molecule has 0 unspecified atom stereocenters. The number of furan rings is 1. The number of allylic oxidation sites excluding steroid dienone is 1. The SMILES string of the molecule is CCOc1ccc(-n2c(SCC(=O)NN=CC=Cc3ccco3)nc3sc4c(c3c2=O)CCC4)cc1. The van der Waals surface area contributed by atoms with Crippen molar-refractivity contribution in [3.8, 4) is 11.4 Å². The summed E-state index contributed by atoms with van der Waals surface area (Å²) < 4.78 is 12.3. The number of ether oxygens (including phenoxy) is 1. The molecule has 10 heteroatoms. The van der Waals surface area contributed by atoms with Crippen molar-refractivity contribution in [3.05, 3.63) is 75.3 Å². The zero-order valence-electron chi connectivity index (χ0n) is 19.6. The van der Waals surface area contributed by atoms with Gasteiger partial charge in [0.1, 0.15) is 16.3 Å². The van der Waals surface area contributed by atoms with Crippen LogP contribution in [0.4, 0.5) is 0 Å². The Bertz CT molecular complexity index is 1490. The molecule has 0 saturated carbocycles. The largest absolute Gasteiger partial charge is 0.494 e. The maximum Gasteiger partial charge on any atom is 0.267 e. The molecule has 5 rings (SSSR count). The van der Waals surface area contributed by atoms with Gasteiger partial charge in [-0.15, -0.1) is 11.3 Å². The molecule has 0 bridgehead atoms. The summed E-state index contributed by atoms with van der Waals surface area (Å²) >= 11 is 2.79. The van der Waals surface area contributed by atoms with Crippen LogP contribution in [0.25, 0.3) is 22.0 Å². The molecule has 0 aliphatic heterocycles. The van der Waals surface area contributed by atoms with E-state index in [0.717, 1.165) is 35.4 Å². The number of aryl methyl sites for hydroxylation is 2. The van der Waals surface area contributed by atoms with Gasteiger partial charge in [-0.3, -0.25) is 14.2 Å². The third kappa shape index (κ3) is 5.14. The van der Waals surface area contributed by atoms with Gasteiger partial charge in [-0.1, -0.05) is 11.8 Å². The van der Waals surface area contributed by atoms with Crippen LogP contribution in [-0.4, -0.2) is 34.0 Å². The summed E-state index contributed by atoms with van der Waals surface area (Å²) in [7, 11) is 0. The first-order chi connectivity index (χ1) is 17.6. The summed E-state index contributed by atoms with van der Waals surface area (Å²) in [5.74, 6) is 1.17. The molecular formula is C26H24N4O4S2. The maximum absolute atomic E-state index is 13.7. The lowest BCUT2D eigenvalue weighted by Gasteiger charge is -2.13. The first-order valence-corrected chi connectivity index (χ1v) is 13.4. The number of carbonyl (C=O) groups excluding carboxylic acids is 1. The molecule has 184 valence electrons. The number of hydrogen-bond acceptors (Lipinski definition) is 8. The molecule has 1 aliphatic rings. The Morgan fingerprint density at radius 2 is 2.17 bits per heavy atom. The van der Waals surface area contributed by atoms with E-state index in [2.05, 4.69) is 10.5 Å². The number of amides is 1. The van der Waals surface area contributed by atoms with Crippen LogP contribution in [0.2, 0.25) is 0 Å². The number of rotatable bonds is 9. The third-order valence-electron chi connectivity index (χ3n) is 5.60. The van der Waals surface area contributed by atoms with Gasteiger partial charge in [0.2, 0.25) is 0 Å². The molecule has 1 aliphatic carbocycles. The Morgan fingerprint density at radius 1 is 1.31 bits per heavy atom. The minimum absolute atomic E-state index is 0.0549. The van der Waals surface area contributed by atoms with Crippen LogP contribution >= 0.6 is 23.1 Å². The molecule has 0 spiro atoms. The summed E-state index contributed by atoms with van der Waals surface area (Å²) in [5, 5.41) is 5.09. The van der Waals surface area contributed by atoms with Gasteiger partial charge in [0, 0.05) is 11.1 Å². The normalized spacial score (nSPS) is 13.1. The second-order valence-corrected chi connectivity index (χ2v) is 10.0. The zero-order valence-corrected chi connectivity index (χ0v) is 21.2. The standard InChI is InChI=1S/C26H24N4O4S2/c1-2-33-19-12-10-17(11-13-19)30-25(32)23-20-8-3-9-21(20)36-24(23)28-26(30)35-16-22(31)29-27-14-4-6-18-7-5-15-34-18/h4-7,10-15H,2-3,8-9,16H2,1H3,(H,29,31). The Kier molecular flexibility index (Phi) is 7.33. The highest BCUT2D eigenvalue weighted by molar-refractivity contribution is 7.99. The molecule has 1 amide bonds. The van der Waals surface area contributed by atoms with E-state index >= 15 is 0 Å². The van der Waals surface area contributed by atoms with Crippen LogP contribution in [0.5, 0.6) is 5.75 Å². The Hall–Kier alpha value is -3.63. The molecule has 36 heavy (non-hydrogen) atoms. The summed E-state index contributed by atoms with van der Waals surface area (Å²) in [5.41, 5.74) is 4.20. The van der Waals surface area contributed by atoms with Gasteiger partial charge in [0.15, 0.2) is 5.16 Å². The number of thiophene rings is 1. The van der Waals surface area contributed by atoms with Gasteiger partial charge in [-0.05, 0) is 80.3 Å². The first kappa shape index (κ1) is 24.1. The third-order valence-corrected chi connectivity index (χ3v) is 7.72. The number of carbonyl (C=O) groups is 1. The van der Waals surface area contributed by atoms with Gasteiger partial charge < -0.3 is 9.15 Å². The molecule has 0 atom stereocenters. The van der Waals surface area contributed by atoms with Crippen LogP contribution < -0.4 is 15.7 Å². The summed E-state index contributed by atoms with van der Waals surface area (Å²) in [6.45, 7) is 2.48. The van der Waals surface area contributed by atoms with Crippen molar-refractivity contribution >= 4 is 51.5 Å². The fourth-order valence-corrected chi connectivity index (χ4v) is 6.15. The van der Waals surface area contributed by atoms with E-state index in [-0.39, 0.29) is 17.2 Å². The molecule has 3 aromatic heterocycles. The van der Waals surface area contributed by atoms with Gasteiger partial charge >= 0.3 is 0 Å².